The van der Waals surface area contributed by atoms with Gasteiger partial charge in [0.05, 0.1) is 11.9 Å². The monoisotopic (exact) mass is 368 g/mol. The highest BCUT2D eigenvalue weighted by Crippen LogP contribution is 2.27. The maximum absolute atomic E-state index is 12.4. The number of halogens is 4. The zero-order valence-electron chi connectivity index (χ0n) is 11.2. The van der Waals surface area contributed by atoms with Crippen molar-refractivity contribution in [3.05, 3.63) is 21.0 Å². The summed E-state index contributed by atoms with van der Waals surface area (Å²) in [6.45, 7) is 0.663. The number of rotatable bonds is 3. The van der Waals surface area contributed by atoms with Crippen molar-refractivity contribution in [2.75, 3.05) is 24.5 Å². The van der Waals surface area contributed by atoms with Crippen LogP contribution in [0.1, 0.15) is 12.8 Å². The average Bonchev–Trinajstić information content (AvgIpc) is 2.43. The number of nitrogens with zero attached hydrogens (tertiary/aromatic N) is 3. The van der Waals surface area contributed by atoms with Gasteiger partial charge in [0.25, 0.3) is 5.56 Å². The molecule has 1 aromatic rings. The summed E-state index contributed by atoms with van der Waals surface area (Å²) in [4.78, 5) is 13.9. The molecule has 0 radical (unpaired) electrons. The quantitative estimate of drug-likeness (QED) is 0.882. The lowest BCUT2D eigenvalue weighted by atomic mass is 9.97. The zero-order chi connectivity index (χ0) is 15.6. The second-order valence-corrected chi connectivity index (χ2v) is 5.88. The smallest absolute Gasteiger partial charge is 0.369 e. The molecule has 1 fully saturated rings. The lowest BCUT2D eigenvalue weighted by molar-refractivity contribution is -0.143. The maximum Gasteiger partial charge on any atom is 0.408 e. The van der Waals surface area contributed by atoms with Crippen LogP contribution in [0.5, 0.6) is 0 Å². The summed E-state index contributed by atoms with van der Waals surface area (Å²) in [6, 6.07) is 0. The first-order valence-corrected chi connectivity index (χ1v) is 7.38. The molecule has 0 saturated carbocycles. The van der Waals surface area contributed by atoms with Gasteiger partial charge in [-0.25, -0.2) is 4.68 Å². The molecule has 0 spiro atoms. The number of alkyl halides is 3. The number of hydrogen-bond acceptors (Lipinski definition) is 4. The molecule has 2 heterocycles. The molecular weight excluding hydrogens is 353 g/mol. The summed E-state index contributed by atoms with van der Waals surface area (Å²) in [7, 11) is 0. The molecule has 0 amide bonds. The minimum atomic E-state index is -4.47. The van der Waals surface area contributed by atoms with Crippen molar-refractivity contribution in [2.45, 2.75) is 25.6 Å². The van der Waals surface area contributed by atoms with Gasteiger partial charge in [-0.1, -0.05) is 0 Å². The van der Waals surface area contributed by atoms with Crippen LogP contribution in [0.3, 0.4) is 0 Å². The van der Waals surface area contributed by atoms with Gasteiger partial charge in [-0.15, -0.1) is 0 Å². The molecule has 0 aromatic carbocycles. The van der Waals surface area contributed by atoms with Crippen molar-refractivity contribution < 1.29 is 13.2 Å². The Bertz CT molecular complexity index is 552. The molecule has 0 unspecified atom stereocenters. The largest absolute Gasteiger partial charge is 0.408 e. The Balaban J connectivity index is 2.20. The third kappa shape index (κ3) is 3.97. The van der Waals surface area contributed by atoms with E-state index < -0.39 is 18.3 Å². The van der Waals surface area contributed by atoms with Gasteiger partial charge in [-0.05, 0) is 41.2 Å². The van der Waals surface area contributed by atoms with Crippen molar-refractivity contribution in [1.82, 2.24) is 9.78 Å². The number of piperidine rings is 1. The van der Waals surface area contributed by atoms with Gasteiger partial charge >= 0.3 is 6.18 Å². The molecule has 0 bridgehead atoms. The van der Waals surface area contributed by atoms with Crippen molar-refractivity contribution in [3.8, 4) is 0 Å². The fourth-order valence-electron chi connectivity index (χ4n) is 2.37. The Morgan fingerprint density at radius 2 is 2.00 bits per heavy atom. The van der Waals surface area contributed by atoms with E-state index in [1.807, 2.05) is 4.90 Å². The summed E-state index contributed by atoms with van der Waals surface area (Å²) in [6.07, 6.45) is -1.37. The highest BCUT2D eigenvalue weighted by molar-refractivity contribution is 9.10. The minimum absolute atomic E-state index is 0.118. The Morgan fingerprint density at radius 3 is 2.52 bits per heavy atom. The first kappa shape index (κ1) is 16.3. The second-order valence-electron chi connectivity index (χ2n) is 5.09. The molecule has 0 aliphatic carbocycles. The van der Waals surface area contributed by atoms with E-state index in [1.165, 1.54) is 6.20 Å². The Labute approximate surface area is 128 Å². The van der Waals surface area contributed by atoms with Gasteiger partial charge in [0, 0.05) is 13.1 Å². The lowest BCUT2D eigenvalue weighted by Gasteiger charge is -2.33. The second kappa shape index (κ2) is 6.35. The molecule has 21 heavy (non-hydrogen) atoms. The molecule has 2 rings (SSSR count). The number of nitrogens with two attached hydrogens (primary N) is 1. The summed E-state index contributed by atoms with van der Waals surface area (Å²) in [5.41, 5.74) is 5.38. The highest BCUT2D eigenvalue weighted by atomic mass is 79.9. The van der Waals surface area contributed by atoms with Gasteiger partial charge in [0.2, 0.25) is 0 Å². The van der Waals surface area contributed by atoms with Crippen molar-refractivity contribution >= 4 is 21.6 Å². The van der Waals surface area contributed by atoms with Crippen LogP contribution >= 0.6 is 15.9 Å². The van der Waals surface area contributed by atoms with Crippen LogP contribution in [0.25, 0.3) is 0 Å². The fourth-order valence-corrected chi connectivity index (χ4v) is 2.93. The summed E-state index contributed by atoms with van der Waals surface area (Å²) in [5.74, 6) is 0.457. The number of anilines is 1. The fraction of sp³-hybridized carbons (Fsp3) is 0.667. The lowest BCUT2D eigenvalue weighted by Crippen LogP contribution is -2.38. The van der Waals surface area contributed by atoms with E-state index >= 15 is 0 Å². The number of aromatic nitrogens is 2. The van der Waals surface area contributed by atoms with Crippen LogP contribution in [-0.2, 0) is 6.54 Å². The van der Waals surface area contributed by atoms with Crippen LogP contribution in [-0.4, -0.2) is 35.6 Å². The molecule has 9 heteroatoms. The topological polar surface area (TPSA) is 64.2 Å². The molecule has 0 atom stereocenters. The zero-order valence-corrected chi connectivity index (χ0v) is 12.8. The normalized spacial score (nSPS) is 17.3. The summed E-state index contributed by atoms with van der Waals surface area (Å²) < 4.78 is 37.6. The van der Waals surface area contributed by atoms with Gasteiger partial charge in [-0.3, -0.25) is 4.79 Å². The van der Waals surface area contributed by atoms with Crippen molar-refractivity contribution in [2.24, 2.45) is 11.7 Å². The third-order valence-electron chi connectivity index (χ3n) is 3.58. The van der Waals surface area contributed by atoms with Crippen LogP contribution in [0.2, 0.25) is 0 Å². The van der Waals surface area contributed by atoms with E-state index in [-0.39, 0.29) is 4.47 Å². The van der Waals surface area contributed by atoms with Gasteiger partial charge in [-0.2, -0.15) is 18.3 Å². The van der Waals surface area contributed by atoms with Gasteiger partial charge in [0.15, 0.2) is 0 Å². The highest BCUT2D eigenvalue weighted by Gasteiger charge is 2.30. The molecule has 5 nitrogen and oxygen atoms in total. The predicted molar refractivity (Wildman–Crippen MR) is 76.2 cm³/mol. The van der Waals surface area contributed by atoms with Gasteiger partial charge < -0.3 is 10.6 Å². The summed E-state index contributed by atoms with van der Waals surface area (Å²) >= 11 is 3.10. The van der Waals surface area contributed by atoms with Crippen LogP contribution in [0.4, 0.5) is 18.9 Å². The first-order chi connectivity index (χ1) is 9.81. The first-order valence-electron chi connectivity index (χ1n) is 6.59. The number of hydrogen-bond donors (Lipinski definition) is 1. The molecule has 1 aromatic heterocycles. The Hall–Kier alpha value is -1.09. The maximum atomic E-state index is 12.4. The Kier molecular flexibility index (Phi) is 4.92. The van der Waals surface area contributed by atoms with E-state index in [0.29, 0.717) is 35.9 Å². The summed E-state index contributed by atoms with van der Waals surface area (Å²) in [5, 5.41) is 3.63. The Morgan fingerprint density at radius 1 is 1.38 bits per heavy atom. The van der Waals surface area contributed by atoms with Crippen molar-refractivity contribution in [1.29, 1.82) is 0 Å². The SMILES string of the molecule is NCC1CCN(c2cnn(CC(F)(F)F)c(=O)c2Br)CC1. The predicted octanol–water partition coefficient (Wildman–Crippen LogP) is 1.74. The third-order valence-corrected chi connectivity index (χ3v) is 4.33. The van der Waals surface area contributed by atoms with E-state index in [2.05, 4.69) is 21.0 Å². The molecular formula is C12H16BrF3N4O. The van der Waals surface area contributed by atoms with Crippen LogP contribution in [0.15, 0.2) is 15.5 Å². The standard InChI is InChI=1S/C12H16BrF3N4O/c13-10-9(19-3-1-8(5-17)2-4-19)6-18-20(11(10)21)7-12(14,15)16/h6,8H,1-5,7,17H2. The molecule has 1 saturated heterocycles. The van der Waals surface area contributed by atoms with E-state index in [9.17, 15) is 18.0 Å². The molecule has 1 aliphatic heterocycles. The van der Waals surface area contributed by atoms with Crippen LogP contribution in [0, 0.1) is 5.92 Å². The molecule has 118 valence electrons. The average molecular weight is 369 g/mol. The van der Waals surface area contributed by atoms with E-state index in [4.69, 9.17) is 5.73 Å². The molecule has 2 N–H and O–H groups in total. The van der Waals surface area contributed by atoms with Crippen LogP contribution < -0.4 is 16.2 Å². The van der Waals surface area contributed by atoms with E-state index in [1.54, 1.807) is 0 Å². The van der Waals surface area contributed by atoms with Crippen molar-refractivity contribution in [3.63, 3.8) is 0 Å². The minimum Gasteiger partial charge on any atom is -0.369 e. The molecule has 1 aliphatic rings. The van der Waals surface area contributed by atoms with Gasteiger partial charge in [0.1, 0.15) is 11.0 Å². The van der Waals surface area contributed by atoms with E-state index in [0.717, 1.165) is 12.8 Å².